The van der Waals surface area contributed by atoms with Crippen molar-refractivity contribution in [3.8, 4) is 0 Å². The average molecular weight is 481 g/mol. The minimum absolute atomic E-state index is 0.0902. The van der Waals surface area contributed by atoms with E-state index in [1.807, 2.05) is 36.4 Å². The minimum atomic E-state index is -0.410. The van der Waals surface area contributed by atoms with Gasteiger partial charge < -0.3 is 10.0 Å². The highest BCUT2D eigenvalue weighted by molar-refractivity contribution is 9.10. The molecule has 0 aliphatic carbocycles. The lowest BCUT2D eigenvalue weighted by Gasteiger charge is -2.34. The van der Waals surface area contributed by atoms with Gasteiger partial charge in [0.2, 0.25) is 0 Å². The number of nitrogens with zero attached hydrogens (tertiary/aromatic N) is 1. The molecular formula is C22H23BrClNO2S. The predicted octanol–water partition coefficient (Wildman–Crippen LogP) is 5.89. The second-order valence-electron chi connectivity index (χ2n) is 7.05. The molecule has 0 aromatic heterocycles. The third-order valence-electron chi connectivity index (χ3n) is 5.02. The third kappa shape index (κ3) is 5.01. The largest absolute Gasteiger partial charge is 0.393 e. The maximum Gasteiger partial charge on any atom is 0.253 e. The normalized spacial score (nSPS) is 18.0. The van der Waals surface area contributed by atoms with Gasteiger partial charge in [-0.2, -0.15) is 0 Å². The molecule has 1 saturated heterocycles. The van der Waals surface area contributed by atoms with Gasteiger partial charge in [-0.1, -0.05) is 48.1 Å². The molecule has 1 amide bonds. The molecule has 1 N–H and O–H groups in total. The molecule has 0 bridgehead atoms. The number of hydrogen-bond acceptors (Lipinski definition) is 3. The minimum Gasteiger partial charge on any atom is -0.393 e. The lowest BCUT2D eigenvalue weighted by atomic mass is 9.92. The summed E-state index contributed by atoms with van der Waals surface area (Å²) in [7, 11) is 0. The first-order chi connectivity index (χ1) is 13.4. The number of rotatable bonds is 5. The van der Waals surface area contributed by atoms with Crippen LogP contribution in [0.5, 0.6) is 0 Å². The van der Waals surface area contributed by atoms with E-state index in [0.717, 1.165) is 32.7 Å². The topological polar surface area (TPSA) is 40.5 Å². The number of amides is 1. The molecule has 1 aliphatic heterocycles. The van der Waals surface area contributed by atoms with Gasteiger partial charge in [-0.25, -0.2) is 0 Å². The summed E-state index contributed by atoms with van der Waals surface area (Å²) >= 11 is 11.6. The van der Waals surface area contributed by atoms with Gasteiger partial charge in [-0.05, 0) is 65.5 Å². The van der Waals surface area contributed by atoms with Crippen LogP contribution in [0.2, 0.25) is 5.02 Å². The van der Waals surface area contributed by atoms with Crippen molar-refractivity contribution in [1.82, 2.24) is 4.90 Å². The molecular weight excluding hydrogens is 458 g/mol. The summed E-state index contributed by atoms with van der Waals surface area (Å²) in [4.78, 5) is 16.7. The molecule has 28 heavy (non-hydrogen) atoms. The van der Waals surface area contributed by atoms with E-state index >= 15 is 0 Å². The van der Waals surface area contributed by atoms with Crippen LogP contribution in [0, 0.1) is 5.92 Å². The number of halogens is 2. The van der Waals surface area contributed by atoms with Crippen molar-refractivity contribution in [2.75, 3.05) is 13.1 Å². The fraction of sp³-hybridized carbons (Fsp3) is 0.318. The average Bonchev–Trinajstić information content (AvgIpc) is 2.70. The van der Waals surface area contributed by atoms with Gasteiger partial charge in [0.05, 0.1) is 11.1 Å². The molecule has 148 valence electrons. The number of carbonyl (C=O) groups is 1. The van der Waals surface area contributed by atoms with E-state index in [1.54, 1.807) is 29.7 Å². The van der Waals surface area contributed by atoms with Crippen molar-refractivity contribution >= 4 is 50.8 Å². The Morgan fingerprint density at radius 3 is 2.75 bits per heavy atom. The fourth-order valence-corrected chi connectivity index (χ4v) is 4.99. The molecule has 3 rings (SSSR count). The molecule has 0 saturated carbocycles. The number of hydrogen-bond donors (Lipinski definition) is 1. The third-order valence-corrected chi connectivity index (χ3v) is 7.55. The van der Waals surface area contributed by atoms with Crippen LogP contribution in [0.4, 0.5) is 0 Å². The van der Waals surface area contributed by atoms with Gasteiger partial charge in [0, 0.05) is 38.8 Å². The Bertz CT molecular complexity index is 887. The van der Waals surface area contributed by atoms with Crippen LogP contribution in [0.25, 0.3) is 5.57 Å². The monoisotopic (exact) mass is 479 g/mol. The zero-order chi connectivity index (χ0) is 20.3. The molecule has 2 aromatic rings. The van der Waals surface area contributed by atoms with E-state index in [2.05, 4.69) is 22.5 Å². The Hall–Kier alpha value is -1.27. The van der Waals surface area contributed by atoms with Crippen LogP contribution in [0.3, 0.4) is 0 Å². The van der Waals surface area contributed by atoms with Crippen molar-refractivity contribution < 1.29 is 9.90 Å². The zero-order valence-electron chi connectivity index (χ0n) is 15.7. The van der Waals surface area contributed by atoms with E-state index < -0.39 is 6.10 Å². The van der Waals surface area contributed by atoms with Crippen molar-refractivity contribution in [3.63, 3.8) is 0 Å². The van der Waals surface area contributed by atoms with Crippen molar-refractivity contribution in [2.45, 2.75) is 35.7 Å². The van der Waals surface area contributed by atoms with Crippen molar-refractivity contribution in [1.29, 1.82) is 0 Å². The summed E-state index contributed by atoms with van der Waals surface area (Å²) in [6, 6.07) is 13.6. The van der Waals surface area contributed by atoms with Crippen molar-refractivity contribution in [2.24, 2.45) is 5.92 Å². The smallest absolute Gasteiger partial charge is 0.253 e. The number of carbonyl (C=O) groups excluding carboxylic acids is 1. The first-order valence-electron chi connectivity index (χ1n) is 9.25. The standard InChI is InChI=1S/C22H23BrClNO2S/c1-14(22(27)25-11-5-6-17(13-25)15(2)26)16-9-10-21(19(24)12-16)28-20-8-4-3-7-18(20)23/h3-4,7-10,12,15,17,26H,1,5-6,11,13H2,2H3. The molecule has 1 fully saturated rings. The summed E-state index contributed by atoms with van der Waals surface area (Å²) in [5, 5.41) is 10.4. The van der Waals surface area contributed by atoms with E-state index in [4.69, 9.17) is 11.6 Å². The number of piperidine rings is 1. The Morgan fingerprint density at radius 2 is 2.07 bits per heavy atom. The highest BCUT2D eigenvalue weighted by Crippen LogP contribution is 2.38. The Balaban J connectivity index is 1.73. The summed E-state index contributed by atoms with van der Waals surface area (Å²) in [6.07, 6.45) is 1.43. The lowest BCUT2D eigenvalue weighted by Crippen LogP contribution is -2.43. The molecule has 1 aliphatic rings. The predicted molar refractivity (Wildman–Crippen MR) is 120 cm³/mol. The Morgan fingerprint density at radius 1 is 1.32 bits per heavy atom. The maximum atomic E-state index is 12.9. The highest BCUT2D eigenvalue weighted by atomic mass is 79.9. The molecule has 6 heteroatoms. The maximum absolute atomic E-state index is 12.9. The molecule has 2 atom stereocenters. The number of aliphatic hydroxyl groups is 1. The molecule has 2 unspecified atom stereocenters. The SMILES string of the molecule is C=C(C(=O)N1CCCC(C(C)O)C1)c1ccc(Sc2ccccc2Br)c(Cl)c1. The Labute approximate surface area is 183 Å². The Kier molecular flexibility index (Phi) is 7.26. The highest BCUT2D eigenvalue weighted by Gasteiger charge is 2.28. The number of likely N-dealkylation sites (tertiary alicyclic amines) is 1. The first kappa shape index (κ1) is 21.4. The first-order valence-corrected chi connectivity index (χ1v) is 11.2. The molecule has 2 aromatic carbocycles. The van der Waals surface area contributed by atoms with E-state index in [1.165, 1.54) is 0 Å². The van der Waals surface area contributed by atoms with Crippen LogP contribution >= 0.6 is 39.3 Å². The fourth-order valence-electron chi connectivity index (χ4n) is 3.32. The zero-order valence-corrected chi connectivity index (χ0v) is 18.9. The van der Waals surface area contributed by atoms with E-state index in [9.17, 15) is 9.90 Å². The number of benzene rings is 2. The van der Waals surface area contributed by atoms with Gasteiger partial charge in [0.25, 0.3) is 5.91 Å². The van der Waals surface area contributed by atoms with Crippen LogP contribution < -0.4 is 0 Å². The summed E-state index contributed by atoms with van der Waals surface area (Å²) in [6.45, 7) is 7.07. The van der Waals surface area contributed by atoms with Gasteiger partial charge in [0.1, 0.15) is 0 Å². The van der Waals surface area contributed by atoms with Crippen LogP contribution in [-0.4, -0.2) is 35.1 Å². The van der Waals surface area contributed by atoms with Crippen LogP contribution in [0.15, 0.2) is 63.3 Å². The molecule has 0 radical (unpaired) electrons. The van der Waals surface area contributed by atoms with Crippen LogP contribution in [0.1, 0.15) is 25.3 Å². The van der Waals surface area contributed by atoms with Crippen LogP contribution in [-0.2, 0) is 4.79 Å². The van der Waals surface area contributed by atoms with E-state index in [0.29, 0.717) is 23.7 Å². The molecule has 0 spiro atoms. The lowest BCUT2D eigenvalue weighted by molar-refractivity contribution is -0.127. The summed E-state index contributed by atoms with van der Waals surface area (Å²) < 4.78 is 1.01. The second kappa shape index (κ2) is 9.49. The van der Waals surface area contributed by atoms with Crippen molar-refractivity contribution in [3.05, 3.63) is 64.1 Å². The van der Waals surface area contributed by atoms with Gasteiger partial charge in [-0.15, -0.1) is 0 Å². The van der Waals surface area contributed by atoms with Gasteiger partial charge in [0.15, 0.2) is 0 Å². The number of aliphatic hydroxyl groups excluding tert-OH is 1. The summed E-state index contributed by atoms with van der Waals surface area (Å²) in [5.74, 6) is 0.0322. The second-order valence-corrected chi connectivity index (χ2v) is 9.40. The quantitative estimate of drug-likeness (QED) is 0.543. The van der Waals surface area contributed by atoms with Gasteiger partial charge in [-0.3, -0.25) is 4.79 Å². The van der Waals surface area contributed by atoms with E-state index in [-0.39, 0.29) is 11.8 Å². The molecule has 3 nitrogen and oxygen atoms in total. The van der Waals surface area contributed by atoms with Gasteiger partial charge >= 0.3 is 0 Å². The summed E-state index contributed by atoms with van der Waals surface area (Å²) in [5.41, 5.74) is 1.16. The molecule has 1 heterocycles.